The summed E-state index contributed by atoms with van der Waals surface area (Å²) in [5, 5.41) is 9.42. The lowest BCUT2D eigenvalue weighted by molar-refractivity contribution is -0.141. The SMILES string of the molecule is O=C(Cc1ccc(O)cc1)N1CC[C@@]23OC[C@@H](c4ccccc4)N2C(=O)C[C@@H]13. The lowest BCUT2D eigenvalue weighted by atomic mass is 10.0. The second kappa shape index (κ2) is 6.34. The zero-order valence-electron chi connectivity index (χ0n) is 15.5. The Labute approximate surface area is 163 Å². The maximum Gasteiger partial charge on any atom is 0.227 e. The van der Waals surface area contributed by atoms with E-state index in [1.165, 1.54) is 0 Å². The molecule has 28 heavy (non-hydrogen) atoms. The second-order valence-corrected chi connectivity index (χ2v) is 7.75. The average molecular weight is 378 g/mol. The van der Waals surface area contributed by atoms with Crippen LogP contribution in [0.5, 0.6) is 5.75 Å². The van der Waals surface area contributed by atoms with Gasteiger partial charge in [-0.1, -0.05) is 42.5 Å². The molecule has 2 aromatic rings. The average Bonchev–Trinajstić information content (AvgIpc) is 3.33. The maximum atomic E-state index is 13.0. The van der Waals surface area contributed by atoms with E-state index >= 15 is 0 Å². The molecular formula is C22H22N2O4. The summed E-state index contributed by atoms with van der Waals surface area (Å²) in [4.78, 5) is 29.6. The minimum Gasteiger partial charge on any atom is -0.508 e. The molecule has 2 amide bonds. The minimum atomic E-state index is -0.692. The Morgan fingerprint density at radius 3 is 2.64 bits per heavy atom. The fourth-order valence-electron chi connectivity index (χ4n) is 4.95. The third-order valence-corrected chi connectivity index (χ3v) is 6.25. The normalized spacial score (nSPS) is 28.5. The smallest absolute Gasteiger partial charge is 0.227 e. The molecule has 5 rings (SSSR count). The van der Waals surface area contributed by atoms with E-state index in [0.717, 1.165) is 11.1 Å². The van der Waals surface area contributed by atoms with Crippen LogP contribution in [-0.2, 0) is 20.7 Å². The third kappa shape index (κ3) is 2.52. The Morgan fingerprint density at radius 2 is 1.89 bits per heavy atom. The molecule has 0 bridgehead atoms. The van der Waals surface area contributed by atoms with Crippen LogP contribution in [-0.4, -0.2) is 51.6 Å². The topological polar surface area (TPSA) is 70.1 Å². The second-order valence-electron chi connectivity index (χ2n) is 7.75. The van der Waals surface area contributed by atoms with E-state index in [-0.39, 0.29) is 36.1 Å². The van der Waals surface area contributed by atoms with Gasteiger partial charge in [0.2, 0.25) is 11.8 Å². The van der Waals surface area contributed by atoms with Gasteiger partial charge in [-0.2, -0.15) is 0 Å². The highest BCUT2D eigenvalue weighted by atomic mass is 16.5. The molecule has 1 N–H and O–H groups in total. The number of likely N-dealkylation sites (tertiary alicyclic amines) is 1. The van der Waals surface area contributed by atoms with Gasteiger partial charge in [0, 0.05) is 13.0 Å². The van der Waals surface area contributed by atoms with E-state index in [0.29, 0.717) is 26.0 Å². The van der Waals surface area contributed by atoms with Gasteiger partial charge >= 0.3 is 0 Å². The summed E-state index contributed by atoms with van der Waals surface area (Å²) in [5.74, 6) is 0.229. The number of hydrogen-bond acceptors (Lipinski definition) is 4. The number of benzene rings is 2. The minimum absolute atomic E-state index is 0.00558. The molecule has 144 valence electrons. The molecule has 3 aliphatic heterocycles. The number of amides is 2. The van der Waals surface area contributed by atoms with Crippen molar-refractivity contribution < 1.29 is 19.4 Å². The van der Waals surface area contributed by atoms with Crippen molar-refractivity contribution in [2.75, 3.05) is 13.2 Å². The molecule has 0 radical (unpaired) electrons. The third-order valence-electron chi connectivity index (χ3n) is 6.25. The van der Waals surface area contributed by atoms with E-state index in [1.807, 2.05) is 40.1 Å². The fraction of sp³-hybridized carbons (Fsp3) is 0.364. The van der Waals surface area contributed by atoms with Gasteiger partial charge in [-0.15, -0.1) is 0 Å². The highest BCUT2D eigenvalue weighted by Gasteiger charge is 2.65. The molecule has 3 aliphatic rings. The number of aromatic hydroxyl groups is 1. The number of rotatable bonds is 3. The Bertz CT molecular complexity index is 914. The Hall–Kier alpha value is -2.86. The van der Waals surface area contributed by atoms with E-state index in [2.05, 4.69) is 0 Å². The molecule has 0 saturated carbocycles. The molecule has 3 heterocycles. The fourth-order valence-corrected chi connectivity index (χ4v) is 4.95. The lowest BCUT2D eigenvalue weighted by Gasteiger charge is -2.33. The molecule has 6 heteroatoms. The zero-order chi connectivity index (χ0) is 19.3. The number of ether oxygens (including phenoxy) is 1. The number of carbonyl (C=O) groups is 2. The van der Waals surface area contributed by atoms with Crippen molar-refractivity contribution in [3.05, 3.63) is 65.7 Å². The van der Waals surface area contributed by atoms with Gasteiger partial charge in [0.1, 0.15) is 5.75 Å². The van der Waals surface area contributed by atoms with Crippen molar-refractivity contribution in [1.29, 1.82) is 0 Å². The van der Waals surface area contributed by atoms with Gasteiger partial charge in [-0.3, -0.25) is 9.59 Å². The van der Waals surface area contributed by atoms with Crippen LogP contribution in [0.2, 0.25) is 0 Å². The van der Waals surface area contributed by atoms with E-state index in [1.54, 1.807) is 24.3 Å². The lowest BCUT2D eigenvalue weighted by Crippen LogP contribution is -2.49. The van der Waals surface area contributed by atoms with Crippen LogP contribution in [0.15, 0.2) is 54.6 Å². The molecule has 3 fully saturated rings. The monoisotopic (exact) mass is 378 g/mol. The van der Waals surface area contributed by atoms with Crippen LogP contribution in [0.1, 0.15) is 30.0 Å². The summed E-state index contributed by atoms with van der Waals surface area (Å²) in [5.41, 5.74) is 1.23. The predicted octanol–water partition coefficient (Wildman–Crippen LogP) is 2.24. The van der Waals surface area contributed by atoms with E-state index in [4.69, 9.17) is 4.74 Å². The molecule has 3 saturated heterocycles. The van der Waals surface area contributed by atoms with Gasteiger partial charge in [0.05, 0.1) is 31.5 Å². The quantitative estimate of drug-likeness (QED) is 0.889. The first-order valence-corrected chi connectivity index (χ1v) is 9.67. The molecule has 3 atom stereocenters. The van der Waals surface area contributed by atoms with E-state index in [9.17, 15) is 14.7 Å². The Morgan fingerprint density at radius 1 is 1.14 bits per heavy atom. The number of phenols is 1. The molecule has 0 aliphatic carbocycles. The van der Waals surface area contributed by atoms with Crippen LogP contribution in [0.4, 0.5) is 0 Å². The largest absolute Gasteiger partial charge is 0.508 e. The first-order chi connectivity index (χ1) is 13.6. The first kappa shape index (κ1) is 17.3. The van der Waals surface area contributed by atoms with Crippen molar-refractivity contribution in [3.63, 3.8) is 0 Å². The van der Waals surface area contributed by atoms with Crippen LogP contribution in [0.3, 0.4) is 0 Å². The maximum absolute atomic E-state index is 13.0. The molecule has 2 aromatic carbocycles. The summed E-state index contributed by atoms with van der Waals surface area (Å²) >= 11 is 0. The number of carbonyl (C=O) groups excluding carboxylic acids is 2. The number of phenolic OH excluding ortho intramolecular Hbond substituents is 1. The standard InChI is InChI=1S/C22H22N2O4/c25-17-8-6-15(7-9-17)12-20(26)23-11-10-22-19(23)13-21(27)24(22)18(14-28-22)16-4-2-1-3-5-16/h1-9,18-19,25H,10-14H2/t18-,19+,22-/m0/s1. The van der Waals surface area contributed by atoms with Crippen LogP contribution < -0.4 is 0 Å². The Kier molecular flexibility index (Phi) is 3.91. The van der Waals surface area contributed by atoms with Crippen molar-refractivity contribution in [3.8, 4) is 5.75 Å². The van der Waals surface area contributed by atoms with Gasteiger partial charge in [-0.25, -0.2) is 0 Å². The summed E-state index contributed by atoms with van der Waals surface area (Å²) < 4.78 is 6.25. The summed E-state index contributed by atoms with van der Waals surface area (Å²) in [6.07, 6.45) is 1.21. The van der Waals surface area contributed by atoms with Crippen molar-refractivity contribution in [2.24, 2.45) is 0 Å². The van der Waals surface area contributed by atoms with Gasteiger partial charge < -0.3 is 19.6 Å². The van der Waals surface area contributed by atoms with E-state index < -0.39 is 5.72 Å². The molecule has 6 nitrogen and oxygen atoms in total. The predicted molar refractivity (Wildman–Crippen MR) is 101 cm³/mol. The first-order valence-electron chi connectivity index (χ1n) is 9.67. The summed E-state index contributed by atoms with van der Waals surface area (Å²) in [7, 11) is 0. The highest BCUT2D eigenvalue weighted by Crippen LogP contribution is 2.51. The molecule has 1 spiro atoms. The molecular weight excluding hydrogens is 356 g/mol. The van der Waals surface area contributed by atoms with Crippen molar-refractivity contribution in [1.82, 2.24) is 9.80 Å². The van der Waals surface area contributed by atoms with Crippen LogP contribution in [0.25, 0.3) is 0 Å². The highest BCUT2D eigenvalue weighted by molar-refractivity contribution is 5.86. The number of hydrogen-bond donors (Lipinski definition) is 1. The van der Waals surface area contributed by atoms with Crippen molar-refractivity contribution in [2.45, 2.75) is 37.1 Å². The Balaban J connectivity index is 1.38. The van der Waals surface area contributed by atoms with Crippen LogP contribution >= 0.6 is 0 Å². The van der Waals surface area contributed by atoms with Crippen molar-refractivity contribution >= 4 is 11.8 Å². The van der Waals surface area contributed by atoms with Gasteiger partial charge in [-0.05, 0) is 23.3 Å². The number of nitrogens with zero attached hydrogens (tertiary/aromatic N) is 2. The van der Waals surface area contributed by atoms with Gasteiger partial charge in [0.25, 0.3) is 0 Å². The summed E-state index contributed by atoms with van der Waals surface area (Å²) in [6.45, 7) is 1.05. The zero-order valence-corrected chi connectivity index (χ0v) is 15.5. The summed E-state index contributed by atoms with van der Waals surface area (Å²) in [6, 6.07) is 16.3. The van der Waals surface area contributed by atoms with Gasteiger partial charge in [0.15, 0.2) is 5.72 Å². The molecule has 0 unspecified atom stereocenters. The van der Waals surface area contributed by atoms with Crippen LogP contribution in [0, 0.1) is 0 Å². The molecule has 0 aromatic heterocycles.